The minimum Gasteiger partial charge on any atom is -0.507 e. The maximum Gasteiger partial charge on any atom is 0.409 e. The number of azo groups is 1. The maximum atomic E-state index is 13.7. The molecule has 2 atom stereocenters. The molecule has 0 unspecified atom stereocenters. The number of aromatic hydroxyl groups is 1. The van der Waals surface area contributed by atoms with Gasteiger partial charge in [0.15, 0.2) is 41.4 Å². The zero-order valence-electron chi connectivity index (χ0n) is 46.7. The van der Waals surface area contributed by atoms with Crippen LogP contribution in [-0.4, -0.2) is 138 Å². The first-order valence-electron chi connectivity index (χ1n) is 27.3. The van der Waals surface area contributed by atoms with Crippen molar-refractivity contribution in [3.05, 3.63) is 114 Å². The number of nitriles is 1. The summed E-state index contributed by atoms with van der Waals surface area (Å²) in [6, 6.07) is 24.3. The molecule has 4 aromatic carbocycles. The molecule has 0 bridgehead atoms. The molecule has 428 valence electrons. The van der Waals surface area contributed by atoms with Gasteiger partial charge in [0.2, 0.25) is 18.4 Å². The van der Waals surface area contributed by atoms with Crippen LogP contribution in [0.5, 0.6) is 28.7 Å². The highest BCUT2D eigenvalue weighted by atomic mass is 16.7. The number of anilines is 1. The third-order valence-electron chi connectivity index (χ3n) is 15.3. The number of hydrogen-bond donors (Lipinski definition) is 2. The molecule has 1 fully saturated rings. The Hall–Kier alpha value is -9.85. The largest absolute Gasteiger partial charge is 0.507 e. The lowest BCUT2D eigenvalue weighted by molar-refractivity contribution is -0.686. The van der Waals surface area contributed by atoms with Crippen LogP contribution in [0.15, 0.2) is 108 Å². The molecular weight excluding hydrogens is 1060 g/mol. The number of amides is 4. The third kappa shape index (κ3) is 12.4. The number of benzene rings is 4. The number of unbranched alkanes of at least 4 members (excludes halogenated alkanes) is 1. The van der Waals surface area contributed by atoms with Gasteiger partial charge in [-0.3, -0.25) is 19.0 Å². The van der Waals surface area contributed by atoms with Gasteiger partial charge < -0.3 is 53.7 Å². The quantitative estimate of drug-likeness (QED) is 0.0270. The molecule has 10 rings (SSSR count). The summed E-state index contributed by atoms with van der Waals surface area (Å²) in [4.78, 5) is 81.2. The number of nitrogens with one attached hydrogen (secondary N) is 1. The number of nitrogens with zero attached hydrogens (tertiary/aromatic N) is 11. The number of aryl methyl sites for hydroxylation is 2. The van der Waals surface area contributed by atoms with Crippen LogP contribution < -0.4 is 33.7 Å². The average Bonchev–Trinajstić information content (AvgIpc) is 3.92. The fraction of sp³-hybridized carbons (Fsp3) is 0.350. The molecule has 3 aliphatic rings. The zero-order chi connectivity index (χ0) is 58.3. The summed E-state index contributed by atoms with van der Waals surface area (Å²) in [5, 5.41) is 33.2. The van der Waals surface area contributed by atoms with Crippen LogP contribution >= 0.6 is 0 Å². The van der Waals surface area contributed by atoms with Gasteiger partial charge in [0.25, 0.3) is 5.91 Å². The minimum absolute atomic E-state index is 0.00901. The third-order valence-corrected chi connectivity index (χ3v) is 15.3. The molecule has 0 saturated carbocycles. The second-order valence-electron chi connectivity index (χ2n) is 20.7. The SMILES string of the molecule is COc1ccc2cc3[n+](cc2c1OC(=O)CCCCNC(=O)c1cc(/N=N/c2ccc(COC(=O)N(C)CCN(C)C(=O)n4ccc5c(N(C)[C@@H]6CN(C(=O)CC#N)CC[C@@H]6C)ncnc54)cc2)ccc1O)CCc1cc2c(cc1-3)OCO2. The molecule has 2 N–H and O–H groups in total. The number of likely N-dealkylation sites (tertiary alicyclic amines) is 1. The number of methoxy groups -OCH3 is 1. The van der Waals surface area contributed by atoms with E-state index in [1.807, 2.05) is 42.4 Å². The maximum absolute atomic E-state index is 13.7. The lowest BCUT2D eigenvalue weighted by Crippen LogP contribution is -2.52. The number of phenols is 1. The van der Waals surface area contributed by atoms with Crippen LogP contribution in [-0.2, 0) is 33.9 Å². The topological polar surface area (TPSA) is 260 Å². The van der Waals surface area contributed by atoms with Crippen molar-refractivity contribution in [2.45, 2.75) is 64.6 Å². The molecule has 0 radical (unpaired) electrons. The molecule has 3 aromatic heterocycles. The summed E-state index contributed by atoms with van der Waals surface area (Å²) in [5.74, 6) is 1.71. The number of rotatable bonds is 18. The molecule has 83 heavy (non-hydrogen) atoms. The number of aromatic nitrogens is 4. The van der Waals surface area contributed by atoms with E-state index in [2.05, 4.69) is 43.1 Å². The van der Waals surface area contributed by atoms with E-state index in [0.29, 0.717) is 77.0 Å². The molecule has 6 heterocycles. The van der Waals surface area contributed by atoms with Crippen molar-refractivity contribution in [1.29, 1.82) is 5.26 Å². The molecule has 7 aromatic rings. The number of phenolic OH excluding ortho intramolecular Hbond substituents is 1. The number of esters is 1. The lowest BCUT2D eigenvalue weighted by Gasteiger charge is -2.42. The Balaban J connectivity index is 0.654. The summed E-state index contributed by atoms with van der Waals surface area (Å²) >= 11 is 0. The van der Waals surface area contributed by atoms with Crippen molar-refractivity contribution in [3.63, 3.8) is 0 Å². The Morgan fingerprint density at radius 3 is 2.48 bits per heavy atom. The van der Waals surface area contributed by atoms with Gasteiger partial charge in [-0.25, -0.2) is 19.6 Å². The molecule has 23 heteroatoms. The standard InChI is InChI=1S/C60H62N12O11/c1-37-18-23-71(53(74)17-21-61)33-48(37)69(4)56-43-20-25-72(57(43)64-35-63-56)59(77)67(2)26-27-68(3)60(78)80-34-38-9-12-41(13-10-38)65-66-42-14-15-49(73)45(30-42)58(76)62-22-7-6-8-54(75)83-55-46-32-70-24-19-40-29-51-52(82-36-81-51)31-44(40)47(70)28-39(46)11-16-50(55)79-5/h9-16,20,25,28-32,35,37,48H,6-8,17-19,22-24,26-27,33-34,36H2,1-5H3,(H-,62,65,73,76)/p+1/t37-,48+/m0/s1. The monoisotopic (exact) mass is 1130 g/mol. The van der Waals surface area contributed by atoms with Crippen molar-refractivity contribution in [2.24, 2.45) is 16.1 Å². The van der Waals surface area contributed by atoms with Crippen LogP contribution in [0.2, 0.25) is 0 Å². The summed E-state index contributed by atoms with van der Waals surface area (Å²) in [7, 11) is 6.66. The number of carbonyl (C=O) groups excluding carboxylic acids is 5. The van der Waals surface area contributed by atoms with Crippen molar-refractivity contribution in [3.8, 4) is 46.1 Å². The number of carbonyl (C=O) groups is 5. The molecule has 23 nitrogen and oxygen atoms in total. The van der Waals surface area contributed by atoms with Gasteiger partial charge in [-0.05, 0) is 102 Å². The van der Waals surface area contributed by atoms with E-state index >= 15 is 0 Å². The average molecular weight is 1130 g/mol. The van der Waals surface area contributed by atoms with Crippen molar-refractivity contribution in [1.82, 2.24) is 34.6 Å². The van der Waals surface area contributed by atoms with Gasteiger partial charge in [-0.1, -0.05) is 19.1 Å². The number of ether oxygens (including phenoxy) is 5. The van der Waals surface area contributed by atoms with Crippen LogP contribution in [0.4, 0.5) is 26.8 Å². The van der Waals surface area contributed by atoms with E-state index < -0.39 is 18.0 Å². The van der Waals surface area contributed by atoms with Crippen molar-refractivity contribution >= 4 is 68.9 Å². The van der Waals surface area contributed by atoms with E-state index in [1.54, 1.807) is 61.6 Å². The van der Waals surface area contributed by atoms with E-state index in [1.165, 1.54) is 51.6 Å². The van der Waals surface area contributed by atoms with E-state index in [9.17, 15) is 29.1 Å². The predicted molar refractivity (Wildman–Crippen MR) is 303 cm³/mol. The molecule has 3 aliphatic heterocycles. The van der Waals surface area contributed by atoms with Crippen LogP contribution in [0.25, 0.3) is 33.1 Å². The fourth-order valence-electron chi connectivity index (χ4n) is 10.5. The van der Waals surface area contributed by atoms with Crippen LogP contribution in [0.1, 0.15) is 60.5 Å². The minimum atomic E-state index is -0.585. The van der Waals surface area contributed by atoms with Gasteiger partial charge >= 0.3 is 18.1 Å². The highest BCUT2D eigenvalue weighted by molar-refractivity contribution is 5.98. The smallest absolute Gasteiger partial charge is 0.409 e. The number of fused-ring (bicyclic) bond motifs is 6. The van der Waals surface area contributed by atoms with Gasteiger partial charge in [0, 0.05) is 79.0 Å². The number of hydrogen-bond acceptors (Lipinski definition) is 17. The van der Waals surface area contributed by atoms with E-state index in [0.717, 1.165) is 47.2 Å². The summed E-state index contributed by atoms with van der Waals surface area (Å²) in [5.41, 5.74) is 5.18. The zero-order valence-corrected chi connectivity index (χ0v) is 46.7. The summed E-state index contributed by atoms with van der Waals surface area (Å²) in [6.07, 6.45) is 6.84. The van der Waals surface area contributed by atoms with Gasteiger partial charge in [0.05, 0.1) is 52.5 Å². The first-order valence-corrected chi connectivity index (χ1v) is 27.3. The second kappa shape index (κ2) is 24.9. The van der Waals surface area contributed by atoms with E-state index in [4.69, 9.17) is 28.9 Å². The normalized spacial score (nSPS) is 15.1. The summed E-state index contributed by atoms with van der Waals surface area (Å²) in [6.45, 7) is 4.68. The van der Waals surface area contributed by atoms with E-state index in [-0.39, 0.29) is 81.1 Å². The van der Waals surface area contributed by atoms with Gasteiger partial charge in [0.1, 0.15) is 30.9 Å². The first kappa shape index (κ1) is 56.4. The molecular formula is C60H63N12O11+. The highest BCUT2D eigenvalue weighted by Crippen LogP contribution is 2.42. The second-order valence-corrected chi connectivity index (χ2v) is 20.7. The highest BCUT2D eigenvalue weighted by Gasteiger charge is 2.34. The molecule has 0 aliphatic carbocycles. The Morgan fingerprint density at radius 1 is 0.916 bits per heavy atom. The molecule has 4 amide bonds. The Bertz CT molecular complexity index is 3710. The molecule has 0 spiro atoms. The predicted octanol–water partition coefficient (Wildman–Crippen LogP) is 8.21. The Labute approximate surface area is 478 Å². The fourth-order valence-corrected chi connectivity index (χ4v) is 10.5. The Morgan fingerprint density at radius 2 is 1.69 bits per heavy atom. The first-order chi connectivity index (χ1) is 40.2. The number of piperidine rings is 1. The van der Waals surface area contributed by atoms with Gasteiger partial charge in [-0.15, -0.1) is 0 Å². The summed E-state index contributed by atoms with van der Waals surface area (Å²) < 4.78 is 32.0. The lowest BCUT2D eigenvalue weighted by atomic mass is 9.92. The number of pyridine rings is 1. The Kier molecular flexibility index (Phi) is 16.9. The van der Waals surface area contributed by atoms with Crippen molar-refractivity contribution in [2.75, 3.05) is 72.7 Å². The van der Waals surface area contributed by atoms with Crippen LogP contribution in [0, 0.1) is 17.2 Å². The van der Waals surface area contributed by atoms with Crippen molar-refractivity contribution < 1.29 is 57.3 Å². The molecule has 1 saturated heterocycles. The number of likely N-dealkylation sites (N-methyl/N-ethyl adjacent to an activating group) is 3. The van der Waals surface area contributed by atoms with Gasteiger partial charge in [-0.2, -0.15) is 20.1 Å². The van der Waals surface area contributed by atoms with Crippen LogP contribution in [0.3, 0.4) is 0 Å².